The summed E-state index contributed by atoms with van der Waals surface area (Å²) in [5, 5.41) is 4.87. The fraction of sp³-hybridized carbons (Fsp3) is 0.0476. The van der Waals surface area contributed by atoms with Crippen molar-refractivity contribution in [2.45, 2.75) is 6.18 Å². The smallest absolute Gasteiger partial charge is 0.317 e. The molecule has 1 aliphatic rings. The first kappa shape index (κ1) is 19.0. The van der Waals surface area contributed by atoms with Crippen molar-refractivity contribution in [2.24, 2.45) is 5.10 Å². The summed E-state index contributed by atoms with van der Waals surface area (Å²) < 4.78 is 42.5. The molecule has 1 amide bonds. The van der Waals surface area contributed by atoms with Gasteiger partial charge in [-0.1, -0.05) is 29.8 Å². The van der Waals surface area contributed by atoms with E-state index in [0.29, 0.717) is 16.4 Å². The highest BCUT2D eigenvalue weighted by Crippen LogP contribution is 2.32. The van der Waals surface area contributed by atoms with Gasteiger partial charge in [0, 0.05) is 22.6 Å². The van der Waals surface area contributed by atoms with Gasteiger partial charge in [0.2, 0.25) is 0 Å². The van der Waals surface area contributed by atoms with Gasteiger partial charge in [0.05, 0.1) is 11.3 Å². The minimum atomic E-state index is -4.78. The van der Waals surface area contributed by atoms with E-state index in [0.717, 1.165) is 5.01 Å². The lowest BCUT2D eigenvalue weighted by molar-refractivity contribution is -0.114. The zero-order valence-corrected chi connectivity index (χ0v) is 15.5. The van der Waals surface area contributed by atoms with Crippen molar-refractivity contribution in [3.05, 3.63) is 89.2 Å². The normalized spacial score (nSPS) is 15.9. The van der Waals surface area contributed by atoms with Crippen molar-refractivity contribution in [3.63, 3.8) is 0 Å². The number of alkyl halides is 3. The van der Waals surface area contributed by atoms with Crippen molar-refractivity contribution >= 4 is 35.0 Å². The van der Waals surface area contributed by atoms with E-state index >= 15 is 0 Å². The molecule has 0 N–H and O–H groups in total. The number of hydrazone groups is 1. The van der Waals surface area contributed by atoms with Gasteiger partial charge in [-0.15, -0.1) is 0 Å². The molecule has 0 fully saturated rings. The fourth-order valence-corrected chi connectivity index (χ4v) is 3.12. The molecule has 4 rings (SSSR count). The molecule has 0 radical (unpaired) electrons. The third-order valence-electron chi connectivity index (χ3n) is 4.32. The van der Waals surface area contributed by atoms with Crippen LogP contribution in [-0.4, -0.2) is 22.4 Å². The Morgan fingerprint density at radius 3 is 2.24 bits per heavy atom. The first-order chi connectivity index (χ1) is 13.8. The minimum absolute atomic E-state index is 0.260. The molecule has 0 spiro atoms. The maximum absolute atomic E-state index is 13.6. The van der Waals surface area contributed by atoms with Crippen LogP contribution in [0.3, 0.4) is 0 Å². The summed E-state index contributed by atoms with van der Waals surface area (Å²) in [7, 11) is 0. The van der Waals surface area contributed by atoms with E-state index in [4.69, 9.17) is 11.6 Å². The molecule has 0 bridgehead atoms. The van der Waals surface area contributed by atoms with Crippen LogP contribution in [0.1, 0.15) is 5.69 Å². The Balaban J connectivity index is 1.79. The van der Waals surface area contributed by atoms with Crippen molar-refractivity contribution in [1.29, 1.82) is 0 Å². The molecule has 4 nitrogen and oxygen atoms in total. The van der Waals surface area contributed by atoms with Crippen LogP contribution in [-0.2, 0) is 4.79 Å². The monoisotopic (exact) mass is 415 g/mol. The molecule has 0 saturated heterocycles. The predicted octanol–water partition coefficient (Wildman–Crippen LogP) is 5.48. The summed E-state index contributed by atoms with van der Waals surface area (Å²) in [6.07, 6.45) is -1.89. The topological polar surface area (TPSA) is 37.6 Å². The Kier molecular flexibility index (Phi) is 4.76. The molecule has 0 unspecified atom stereocenters. The molecule has 2 heterocycles. The average Bonchev–Trinajstić information content (AvgIpc) is 3.28. The van der Waals surface area contributed by atoms with Gasteiger partial charge in [-0.25, -0.2) is 0 Å². The number of halogens is 4. The number of rotatable bonds is 3. The van der Waals surface area contributed by atoms with E-state index in [9.17, 15) is 18.0 Å². The van der Waals surface area contributed by atoms with E-state index in [-0.39, 0.29) is 5.69 Å². The lowest BCUT2D eigenvalue weighted by atomic mass is 10.1. The number of amides is 1. The van der Waals surface area contributed by atoms with Crippen LogP contribution in [0.2, 0.25) is 5.02 Å². The molecule has 29 heavy (non-hydrogen) atoms. The lowest BCUT2D eigenvalue weighted by Crippen LogP contribution is -2.25. The molecule has 0 atom stereocenters. The third-order valence-corrected chi connectivity index (χ3v) is 4.58. The molecular formula is C21H13ClF3N3O. The van der Waals surface area contributed by atoms with E-state index < -0.39 is 23.4 Å². The predicted molar refractivity (Wildman–Crippen MR) is 106 cm³/mol. The van der Waals surface area contributed by atoms with Crippen molar-refractivity contribution in [2.75, 3.05) is 5.01 Å². The molecule has 2 aromatic carbocycles. The Labute approximate surface area is 169 Å². The Morgan fingerprint density at radius 1 is 0.897 bits per heavy atom. The van der Waals surface area contributed by atoms with Crippen LogP contribution in [0.5, 0.6) is 0 Å². The lowest BCUT2D eigenvalue weighted by Gasteiger charge is -2.11. The summed E-state index contributed by atoms with van der Waals surface area (Å²) in [5.41, 5.74) is -0.383. The van der Waals surface area contributed by atoms with Crippen LogP contribution in [0.25, 0.3) is 11.8 Å². The fourth-order valence-electron chi connectivity index (χ4n) is 2.99. The van der Waals surface area contributed by atoms with Crippen LogP contribution in [0.4, 0.5) is 18.9 Å². The summed E-state index contributed by atoms with van der Waals surface area (Å²) in [6, 6.07) is 18.1. The quantitative estimate of drug-likeness (QED) is 0.522. The van der Waals surface area contributed by atoms with Crippen LogP contribution in [0, 0.1) is 0 Å². The zero-order chi connectivity index (χ0) is 20.6. The SMILES string of the molecule is O=C1/C(=C\c2cccn2-c2ccc(Cl)cc2)C(C(F)(F)F)=NN1c1ccccc1. The number of hydrogen-bond acceptors (Lipinski definition) is 2. The Hall–Kier alpha value is -3.32. The molecule has 0 aliphatic carbocycles. The average molecular weight is 416 g/mol. The summed E-state index contributed by atoms with van der Waals surface area (Å²) in [5.74, 6) is -0.840. The maximum Gasteiger partial charge on any atom is 0.435 e. The number of nitrogens with zero attached hydrogens (tertiary/aromatic N) is 3. The second kappa shape index (κ2) is 7.25. The zero-order valence-electron chi connectivity index (χ0n) is 14.8. The summed E-state index contributed by atoms with van der Waals surface area (Å²) >= 11 is 5.90. The number of carbonyl (C=O) groups excluding carboxylic acids is 1. The summed E-state index contributed by atoms with van der Waals surface area (Å²) in [4.78, 5) is 12.8. The van der Waals surface area contributed by atoms with E-state index in [1.807, 2.05) is 0 Å². The maximum atomic E-state index is 13.6. The largest absolute Gasteiger partial charge is 0.435 e. The van der Waals surface area contributed by atoms with E-state index in [1.54, 1.807) is 65.4 Å². The number of para-hydroxylation sites is 1. The molecule has 1 aromatic heterocycles. The van der Waals surface area contributed by atoms with Crippen molar-refractivity contribution in [3.8, 4) is 5.69 Å². The van der Waals surface area contributed by atoms with Gasteiger partial charge in [0.25, 0.3) is 5.91 Å². The minimum Gasteiger partial charge on any atom is -0.317 e. The van der Waals surface area contributed by atoms with Gasteiger partial charge in [-0.2, -0.15) is 23.3 Å². The second-order valence-electron chi connectivity index (χ2n) is 6.24. The number of hydrogen-bond donors (Lipinski definition) is 0. The molecule has 3 aromatic rings. The van der Waals surface area contributed by atoms with Gasteiger partial charge in [0.15, 0.2) is 5.71 Å². The van der Waals surface area contributed by atoms with Crippen LogP contribution < -0.4 is 5.01 Å². The van der Waals surface area contributed by atoms with Crippen LogP contribution in [0.15, 0.2) is 83.6 Å². The first-order valence-electron chi connectivity index (χ1n) is 8.55. The number of aromatic nitrogens is 1. The second-order valence-corrected chi connectivity index (χ2v) is 6.67. The Bertz CT molecular complexity index is 1120. The molecular weight excluding hydrogens is 403 g/mol. The molecule has 0 saturated carbocycles. The number of carbonyl (C=O) groups is 1. The highest BCUT2D eigenvalue weighted by atomic mass is 35.5. The summed E-state index contributed by atoms with van der Waals surface area (Å²) in [6.45, 7) is 0. The van der Waals surface area contributed by atoms with Crippen molar-refractivity contribution < 1.29 is 18.0 Å². The molecule has 1 aliphatic heterocycles. The van der Waals surface area contributed by atoms with Gasteiger partial charge < -0.3 is 4.57 Å². The van der Waals surface area contributed by atoms with Gasteiger partial charge >= 0.3 is 6.18 Å². The van der Waals surface area contributed by atoms with E-state index in [2.05, 4.69) is 5.10 Å². The van der Waals surface area contributed by atoms with Gasteiger partial charge in [0.1, 0.15) is 0 Å². The van der Waals surface area contributed by atoms with E-state index in [1.165, 1.54) is 18.2 Å². The van der Waals surface area contributed by atoms with Crippen LogP contribution >= 0.6 is 11.6 Å². The highest BCUT2D eigenvalue weighted by Gasteiger charge is 2.46. The standard InChI is InChI=1S/C21H13ClF3N3O/c22-14-8-10-15(11-9-14)27-12-4-7-17(27)13-18-19(21(23,24)25)26-28(20(18)29)16-5-2-1-3-6-16/h1-13H/b18-13-. The first-order valence-corrected chi connectivity index (χ1v) is 8.93. The number of benzene rings is 2. The molecule has 146 valence electrons. The number of anilines is 1. The Morgan fingerprint density at radius 2 is 1.59 bits per heavy atom. The van der Waals surface area contributed by atoms with Crippen molar-refractivity contribution in [1.82, 2.24) is 4.57 Å². The highest BCUT2D eigenvalue weighted by molar-refractivity contribution is 6.34. The third kappa shape index (κ3) is 3.69. The van der Waals surface area contributed by atoms with Gasteiger partial charge in [-0.3, -0.25) is 4.79 Å². The molecule has 8 heteroatoms. The van der Waals surface area contributed by atoms with Gasteiger partial charge in [-0.05, 0) is 54.6 Å².